The highest BCUT2D eigenvalue weighted by Crippen LogP contribution is 2.39. The highest BCUT2D eigenvalue weighted by Gasteiger charge is 2.34. The van der Waals surface area contributed by atoms with Crippen molar-refractivity contribution >= 4 is 38.3 Å². The molecule has 0 bridgehead atoms. The van der Waals surface area contributed by atoms with E-state index in [1.54, 1.807) is 18.2 Å². The number of thioether (sulfide) groups is 1. The lowest BCUT2D eigenvalue weighted by Gasteiger charge is -2.19. The van der Waals surface area contributed by atoms with Crippen molar-refractivity contribution in [2.24, 2.45) is 0 Å². The van der Waals surface area contributed by atoms with Crippen molar-refractivity contribution in [3.63, 3.8) is 0 Å². The smallest absolute Gasteiger partial charge is 0.282 e. The highest BCUT2D eigenvalue weighted by molar-refractivity contribution is 8.18. The van der Waals surface area contributed by atoms with Crippen LogP contribution in [0.4, 0.5) is 4.79 Å². The Labute approximate surface area is 114 Å². The number of benzene rings is 1. The maximum absolute atomic E-state index is 12.0. The van der Waals surface area contributed by atoms with Crippen LogP contribution < -0.4 is 5.32 Å². The van der Waals surface area contributed by atoms with Crippen LogP contribution in [0, 0.1) is 0 Å². The minimum absolute atomic E-state index is 0.0368. The van der Waals surface area contributed by atoms with Crippen LogP contribution in [-0.4, -0.2) is 25.3 Å². The molecule has 0 spiro atoms. The van der Waals surface area contributed by atoms with Crippen LogP contribution in [-0.2, 0) is 14.6 Å². The Bertz CT molecular complexity index is 734. The molecular formula is C12H9NO4S2. The summed E-state index contributed by atoms with van der Waals surface area (Å²) in [4.78, 5) is 23.5. The van der Waals surface area contributed by atoms with Crippen LogP contribution in [0.1, 0.15) is 12.0 Å². The van der Waals surface area contributed by atoms with Gasteiger partial charge < -0.3 is 0 Å². The number of hydrogen-bond donors (Lipinski definition) is 1. The Kier molecular flexibility index (Phi) is 2.75. The van der Waals surface area contributed by atoms with Gasteiger partial charge in [0.05, 0.1) is 15.6 Å². The number of carbonyl (C=O) groups is 2. The molecule has 3 rings (SSSR count). The number of carbonyl (C=O) groups excluding carboxylic acids is 2. The molecule has 2 aliphatic rings. The topological polar surface area (TPSA) is 80.3 Å². The third-order valence-electron chi connectivity index (χ3n) is 3.06. The summed E-state index contributed by atoms with van der Waals surface area (Å²) in [5.74, 6) is -0.482. The summed E-state index contributed by atoms with van der Waals surface area (Å²) in [5.41, 5.74) is 1.17. The molecule has 5 nitrogen and oxygen atoms in total. The van der Waals surface area contributed by atoms with Crippen LogP contribution in [0.2, 0.25) is 0 Å². The number of imide groups is 1. The van der Waals surface area contributed by atoms with Gasteiger partial charge in [0.1, 0.15) is 0 Å². The van der Waals surface area contributed by atoms with Gasteiger partial charge in [0, 0.05) is 0 Å². The van der Waals surface area contributed by atoms with Crippen LogP contribution in [0.25, 0.3) is 5.57 Å². The average molecular weight is 295 g/mol. The first-order chi connectivity index (χ1) is 8.99. The zero-order chi connectivity index (χ0) is 13.6. The molecule has 19 heavy (non-hydrogen) atoms. The molecule has 1 aromatic rings. The molecule has 0 radical (unpaired) electrons. The fourth-order valence-corrected chi connectivity index (χ4v) is 4.53. The van der Waals surface area contributed by atoms with Crippen molar-refractivity contribution < 1.29 is 18.0 Å². The maximum atomic E-state index is 12.0. The summed E-state index contributed by atoms with van der Waals surface area (Å²) >= 11 is 0.829. The monoisotopic (exact) mass is 295 g/mol. The number of allylic oxidation sites excluding steroid dienone is 1. The second-order valence-electron chi connectivity index (χ2n) is 4.22. The van der Waals surface area contributed by atoms with E-state index in [-0.39, 0.29) is 17.1 Å². The van der Waals surface area contributed by atoms with Crippen molar-refractivity contribution in [1.82, 2.24) is 5.32 Å². The number of hydrogen-bond acceptors (Lipinski definition) is 5. The summed E-state index contributed by atoms with van der Waals surface area (Å²) in [6.07, 6.45) is 0.252. The molecule has 1 fully saturated rings. The van der Waals surface area contributed by atoms with Gasteiger partial charge in [0.15, 0.2) is 9.84 Å². The molecule has 2 amide bonds. The van der Waals surface area contributed by atoms with E-state index < -0.39 is 21.0 Å². The second kappa shape index (κ2) is 4.21. The lowest BCUT2D eigenvalue weighted by atomic mass is 10.0. The van der Waals surface area contributed by atoms with Crippen LogP contribution in [0.15, 0.2) is 34.1 Å². The zero-order valence-electron chi connectivity index (χ0n) is 9.67. The maximum Gasteiger partial charge on any atom is 0.290 e. The van der Waals surface area contributed by atoms with Gasteiger partial charge in [-0.2, -0.15) is 0 Å². The number of nitrogens with one attached hydrogen (secondary N) is 1. The van der Waals surface area contributed by atoms with Gasteiger partial charge in [-0.05, 0) is 35.4 Å². The Balaban J connectivity index is 2.25. The summed E-state index contributed by atoms with van der Waals surface area (Å²) in [7, 11) is -3.30. The molecule has 1 N–H and O–H groups in total. The third-order valence-corrected chi connectivity index (χ3v) is 5.75. The molecule has 2 heterocycles. The highest BCUT2D eigenvalue weighted by atomic mass is 32.2. The van der Waals surface area contributed by atoms with Crippen molar-refractivity contribution in [3.8, 4) is 0 Å². The number of fused-ring (bicyclic) bond motifs is 1. The van der Waals surface area contributed by atoms with E-state index in [2.05, 4.69) is 5.32 Å². The minimum atomic E-state index is -3.30. The first-order valence-corrected chi connectivity index (χ1v) is 8.04. The van der Waals surface area contributed by atoms with Gasteiger partial charge in [-0.25, -0.2) is 8.42 Å². The SMILES string of the molecule is O=C1NC(=O)/C(=C2\CCS(=O)(=O)c3ccccc32)S1. The normalized spacial score (nSPS) is 25.1. The molecule has 0 aliphatic carbocycles. The Morgan fingerprint density at radius 2 is 1.89 bits per heavy atom. The van der Waals surface area contributed by atoms with Gasteiger partial charge in [-0.15, -0.1) is 0 Å². The van der Waals surface area contributed by atoms with Crippen LogP contribution in [0.5, 0.6) is 0 Å². The molecule has 7 heteroatoms. The van der Waals surface area contributed by atoms with E-state index in [0.717, 1.165) is 11.8 Å². The molecule has 1 aromatic carbocycles. The summed E-state index contributed by atoms with van der Waals surface area (Å²) in [5, 5.41) is 1.78. The number of amides is 2. The molecule has 1 saturated heterocycles. The summed E-state index contributed by atoms with van der Waals surface area (Å²) in [6, 6.07) is 6.57. The van der Waals surface area contributed by atoms with Crippen LogP contribution in [0.3, 0.4) is 0 Å². The van der Waals surface area contributed by atoms with E-state index in [1.165, 1.54) is 6.07 Å². The van der Waals surface area contributed by atoms with Gasteiger partial charge >= 0.3 is 0 Å². The number of sulfone groups is 1. The van der Waals surface area contributed by atoms with Crippen molar-refractivity contribution in [1.29, 1.82) is 0 Å². The van der Waals surface area contributed by atoms with E-state index in [9.17, 15) is 18.0 Å². The van der Waals surface area contributed by atoms with Crippen molar-refractivity contribution in [3.05, 3.63) is 34.7 Å². The van der Waals surface area contributed by atoms with E-state index in [1.807, 2.05) is 0 Å². The third kappa shape index (κ3) is 1.98. The molecule has 0 saturated carbocycles. The fraction of sp³-hybridized carbons (Fsp3) is 0.167. The molecular weight excluding hydrogens is 286 g/mol. The second-order valence-corrected chi connectivity index (χ2v) is 7.28. The van der Waals surface area contributed by atoms with Gasteiger partial charge in [0.25, 0.3) is 11.1 Å². The zero-order valence-corrected chi connectivity index (χ0v) is 11.3. The van der Waals surface area contributed by atoms with Crippen LogP contribution >= 0.6 is 11.8 Å². The molecule has 0 aromatic heterocycles. The quantitative estimate of drug-likeness (QED) is 0.735. The molecule has 0 unspecified atom stereocenters. The predicted molar refractivity (Wildman–Crippen MR) is 71.2 cm³/mol. The Morgan fingerprint density at radius 1 is 1.16 bits per heavy atom. The summed E-state index contributed by atoms with van der Waals surface area (Å²) in [6.45, 7) is 0. The van der Waals surface area contributed by atoms with E-state index >= 15 is 0 Å². The lowest BCUT2D eigenvalue weighted by molar-refractivity contribution is -0.115. The van der Waals surface area contributed by atoms with E-state index in [0.29, 0.717) is 16.0 Å². The van der Waals surface area contributed by atoms with Crippen molar-refractivity contribution in [2.45, 2.75) is 11.3 Å². The Morgan fingerprint density at radius 3 is 2.58 bits per heavy atom. The Hall–Kier alpha value is -1.60. The lowest BCUT2D eigenvalue weighted by Crippen LogP contribution is -2.20. The largest absolute Gasteiger partial charge is 0.290 e. The fourth-order valence-electron chi connectivity index (χ4n) is 2.22. The van der Waals surface area contributed by atoms with E-state index in [4.69, 9.17) is 0 Å². The first kappa shape index (κ1) is 12.4. The van der Waals surface area contributed by atoms with Gasteiger partial charge in [-0.3, -0.25) is 14.9 Å². The number of rotatable bonds is 0. The summed E-state index contributed by atoms with van der Waals surface area (Å²) < 4.78 is 24.0. The predicted octanol–water partition coefficient (Wildman–Crippen LogP) is 1.56. The first-order valence-electron chi connectivity index (χ1n) is 5.57. The van der Waals surface area contributed by atoms with Crippen molar-refractivity contribution in [2.75, 3.05) is 5.75 Å². The molecule has 0 atom stereocenters. The van der Waals surface area contributed by atoms with Gasteiger partial charge in [0.2, 0.25) is 0 Å². The average Bonchev–Trinajstić information content (AvgIpc) is 2.69. The molecule has 98 valence electrons. The molecule has 2 aliphatic heterocycles. The van der Waals surface area contributed by atoms with Gasteiger partial charge in [-0.1, -0.05) is 18.2 Å². The standard InChI is InChI=1S/C12H9NO4S2/c14-11-10(18-12(15)13-11)8-5-6-19(16,17)9-4-2-1-3-7(8)9/h1-4H,5-6H2,(H,13,14,15)/b10-8-. The minimum Gasteiger partial charge on any atom is -0.282 e.